The van der Waals surface area contributed by atoms with Gasteiger partial charge in [0.05, 0.1) is 5.56 Å². The van der Waals surface area contributed by atoms with Crippen LogP contribution >= 0.6 is 11.6 Å². The van der Waals surface area contributed by atoms with Crippen molar-refractivity contribution in [3.8, 4) is 0 Å². The molecule has 0 aromatic heterocycles. The van der Waals surface area contributed by atoms with Gasteiger partial charge < -0.3 is 5.11 Å². The Bertz CT molecular complexity index is 245. The number of hydrogen-bond acceptors (Lipinski definition) is 1. The largest absolute Gasteiger partial charge is 0.478 e. The van der Waals surface area contributed by atoms with E-state index in [9.17, 15) is 4.79 Å². The molecule has 0 aliphatic carbocycles. The van der Waals surface area contributed by atoms with Gasteiger partial charge in [-0.25, -0.2) is 4.79 Å². The van der Waals surface area contributed by atoms with Gasteiger partial charge in [-0.3, -0.25) is 0 Å². The van der Waals surface area contributed by atoms with E-state index in [4.69, 9.17) is 16.7 Å². The maximum atomic E-state index is 10.3. The van der Waals surface area contributed by atoms with Gasteiger partial charge in [0, 0.05) is 43.6 Å². The first kappa shape index (κ1) is 11.3. The molecule has 61 valence electrons. The summed E-state index contributed by atoms with van der Waals surface area (Å²) in [5.41, 5.74) is 0.254. The van der Waals surface area contributed by atoms with Gasteiger partial charge in [-0.2, -0.15) is 0 Å². The SMILES string of the molecule is O=C(O)c1ccc(Cl)cc1.[Tb]. The second-order valence-electron chi connectivity index (χ2n) is 1.81. The molecule has 0 unspecified atom stereocenters. The standard InChI is InChI=1S/C7H5ClO2.Tb/c8-6-3-1-5(2-4-6)7(9)10;/h1-4H,(H,9,10);. The van der Waals surface area contributed by atoms with Crippen LogP contribution in [0.5, 0.6) is 0 Å². The number of carboxylic acids is 1. The van der Waals surface area contributed by atoms with Crippen LogP contribution in [-0.2, 0) is 0 Å². The number of halogens is 1. The molecule has 4 heteroatoms. The second kappa shape index (κ2) is 5.01. The second-order valence-corrected chi connectivity index (χ2v) is 2.25. The fourth-order valence-electron chi connectivity index (χ4n) is 0.592. The van der Waals surface area contributed by atoms with Gasteiger partial charge >= 0.3 is 5.97 Å². The van der Waals surface area contributed by atoms with Crippen molar-refractivity contribution in [2.24, 2.45) is 0 Å². The van der Waals surface area contributed by atoms with Crippen LogP contribution < -0.4 is 0 Å². The maximum absolute atomic E-state index is 10.3. The summed E-state index contributed by atoms with van der Waals surface area (Å²) in [6.45, 7) is 0. The monoisotopic (exact) mass is 315 g/mol. The topological polar surface area (TPSA) is 37.3 Å². The Labute approximate surface area is 100.0 Å². The average Bonchev–Trinajstić information content (AvgIpc) is 1.88. The molecule has 0 atom stereocenters. The molecular formula is C7H5ClO2Tb. The number of rotatable bonds is 1. The smallest absolute Gasteiger partial charge is 0.335 e. The van der Waals surface area contributed by atoms with Crippen molar-refractivity contribution in [1.82, 2.24) is 0 Å². The Morgan fingerprint density at radius 3 is 2.09 bits per heavy atom. The number of carboxylic acid groups (broad SMARTS) is 1. The molecule has 0 spiro atoms. The minimum atomic E-state index is -0.934. The van der Waals surface area contributed by atoms with Crippen molar-refractivity contribution >= 4 is 17.6 Å². The third kappa shape index (κ3) is 3.45. The molecular weight excluding hydrogens is 310 g/mol. The Hall–Kier alpha value is 0.266. The van der Waals surface area contributed by atoms with Crippen molar-refractivity contribution in [2.45, 2.75) is 0 Å². The van der Waals surface area contributed by atoms with Gasteiger partial charge in [0.25, 0.3) is 0 Å². The zero-order valence-electron chi connectivity index (χ0n) is 5.38. The van der Waals surface area contributed by atoms with Crippen LogP contribution in [0.1, 0.15) is 10.4 Å². The Kier molecular flexibility index (Phi) is 5.13. The first-order valence-electron chi connectivity index (χ1n) is 2.69. The molecule has 0 heterocycles. The van der Waals surface area contributed by atoms with Gasteiger partial charge in [-0.15, -0.1) is 0 Å². The molecule has 0 aliphatic heterocycles. The van der Waals surface area contributed by atoms with E-state index in [1.54, 1.807) is 12.1 Å². The van der Waals surface area contributed by atoms with Crippen LogP contribution in [0.2, 0.25) is 5.02 Å². The molecule has 1 rings (SSSR count). The van der Waals surface area contributed by atoms with Crippen LogP contribution in [-0.4, -0.2) is 11.1 Å². The predicted octanol–water partition coefficient (Wildman–Crippen LogP) is 2.04. The summed E-state index contributed by atoms with van der Waals surface area (Å²) in [6, 6.07) is 6.02. The first-order valence-corrected chi connectivity index (χ1v) is 3.07. The molecule has 0 saturated heterocycles. The molecule has 0 saturated carbocycles. The fourth-order valence-corrected chi connectivity index (χ4v) is 0.718. The molecule has 11 heavy (non-hydrogen) atoms. The molecule has 0 amide bonds. The summed E-state index contributed by atoms with van der Waals surface area (Å²) in [4.78, 5) is 10.3. The Balaban J connectivity index is 0.000001000. The zero-order valence-corrected chi connectivity index (χ0v) is 8.27. The number of carbonyl (C=O) groups is 1. The van der Waals surface area contributed by atoms with Gasteiger partial charge in [-0.1, -0.05) is 11.6 Å². The average molecular weight is 315 g/mol. The van der Waals surface area contributed by atoms with E-state index in [1.807, 2.05) is 0 Å². The third-order valence-corrected chi connectivity index (χ3v) is 1.34. The predicted molar refractivity (Wildman–Crippen MR) is 38.4 cm³/mol. The van der Waals surface area contributed by atoms with E-state index < -0.39 is 5.97 Å². The van der Waals surface area contributed by atoms with Gasteiger partial charge in [0.15, 0.2) is 0 Å². The summed E-state index contributed by atoms with van der Waals surface area (Å²) in [5.74, 6) is -0.934. The van der Waals surface area contributed by atoms with Crippen LogP contribution in [0, 0.1) is 38.6 Å². The zero-order chi connectivity index (χ0) is 7.56. The van der Waals surface area contributed by atoms with Crippen molar-refractivity contribution < 1.29 is 48.5 Å². The molecule has 1 radical (unpaired) electrons. The number of hydrogen-bond donors (Lipinski definition) is 1. The van der Waals surface area contributed by atoms with E-state index >= 15 is 0 Å². The third-order valence-electron chi connectivity index (χ3n) is 1.09. The van der Waals surface area contributed by atoms with Crippen LogP contribution in [0.25, 0.3) is 0 Å². The van der Waals surface area contributed by atoms with Crippen LogP contribution in [0.3, 0.4) is 0 Å². The van der Waals surface area contributed by atoms with Gasteiger partial charge in [0.2, 0.25) is 0 Å². The van der Waals surface area contributed by atoms with Gasteiger partial charge in [0.1, 0.15) is 0 Å². The maximum Gasteiger partial charge on any atom is 0.335 e. The normalized spacial score (nSPS) is 8.45. The van der Waals surface area contributed by atoms with Crippen molar-refractivity contribution in [3.05, 3.63) is 34.9 Å². The van der Waals surface area contributed by atoms with Crippen molar-refractivity contribution in [3.63, 3.8) is 0 Å². The van der Waals surface area contributed by atoms with Gasteiger partial charge in [-0.05, 0) is 24.3 Å². The van der Waals surface area contributed by atoms with Crippen LogP contribution in [0.15, 0.2) is 24.3 Å². The Morgan fingerprint density at radius 1 is 1.27 bits per heavy atom. The molecule has 0 aliphatic rings. The van der Waals surface area contributed by atoms with E-state index in [-0.39, 0.29) is 44.2 Å². The molecule has 0 bridgehead atoms. The molecule has 2 nitrogen and oxygen atoms in total. The van der Waals surface area contributed by atoms with Crippen LogP contribution in [0.4, 0.5) is 0 Å². The summed E-state index contributed by atoms with van der Waals surface area (Å²) in [5, 5.41) is 8.98. The summed E-state index contributed by atoms with van der Waals surface area (Å²) >= 11 is 5.52. The molecule has 1 N–H and O–H groups in total. The molecule has 0 fully saturated rings. The first-order chi connectivity index (χ1) is 4.70. The quantitative estimate of drug-likeness (QED) is 0.861. The number of aromatic carboxylic acids is 1. The minimum absolute atomic E-state index is 0. The minimum Gasteiger partial charge on any atom is -0.478 e. The summed E-state index contributed by atoms with van der Waals surface area (Å²) in [7, 11) is 0. The van der Waals surface area contributed by atoms with E-state index in [0.717, 1.165) is 0 Å². The van der Waals surface area contributed by atoms with E-state index in [1.165, 1.54) is 12.1 Å². The molecule has 1 aromatic carbocycles. The summed E-state index contributed by atoms with van der Waals surface area (Å²) in [6.07, 6.45) is 0. The van der Waals surface area contributed by atoms with Crippen molar-refractivity contribution in [2.75, 3.05) is 0 Å². The summed E-state index contributed by atoms with van der Waals surface area (Å²) < 4.78 is 0. The fraction of sp³-hybridized carbons (Fsp3) is 0. The Morgan fingerprint density at radius 2 is 1.73 bits per heavy atom. The van der Waals surface area contributed by atoms with Crippen molar-refractivity contribution in [1.29, 1.82) is 0 Å². The molecule has 1 aromatic rings. The van der Waals surface area contributed by atoms with E-state index in [2.05, 4.69) is 0 Å². The number of benzene rings is 1. The van der Waals surface area contributed by atoms with E-state index in [0.29, 0.717) is 5.02 Å².